The average Bonchev–Trinajstić information content (AvgIpc) is 2.67. The van der Waals surface area contributed by atoms with Crippen molar-refractivity contribution in [3.05, 3.63) is 35.4 Å². The highest BCUT2D eigenvalue weighted by atomic mass is 16.5. The fraction of sp³-hybridized carbons (Fsp3) is 0.571. The first kappa shape index (κ1) is 20.3. The van der Waals surface area contributed by atoms with Crippen molar-refractivity contribution in [3.8, 4) is 0 Å². The number of rotatable bonds is 3. The van der Waals surface area contributed by atoms with Crippen LogP contribution in [0.1, 0.15) is 61.6 Å². The first-order chi connectivity index (χ1) is 13.3. The van der Waals surface area contributed by atoms with Gasteiger partial charge in [-0.2, -0.15) is 0 Å². The summed E-state index contributed by atoms with van der Waals surface area (Å²) in [6.07, 6.45) is 2.74. The highest BCUT2D eigenvalue weighted by Gasteiger charge is 2.44. The Morgan fingerprint density at radius 1 is 1.14 bits per heavy atom. The van der Waals surface area contributed by atoms with Gasteiger partial charge in [0.2, 0.25) is 11.8 Å². The standard InChI is InChI=1S/C21H28N2O5/c1-14(24)22-18-12-19(16-4-6-17(7-5-16)20(26)27-3)28-21(13-18)8-10-23(11-9-21)15(2)25/h4-7,18-19H,8-13H2,1-3H3,(H,22,24)/t18-,19-/m1/s1. The highest BCUT2D eigenvalue weighted by molar-refractivity contribution is 5.89. The van der Waals surface area contributed by atoms with E-state index in [-0.39, 0.29) is 35.5 Å². The van der Waals surface area contributed by atoms with Crippen LogP contribution in [0.5, 0.6) is 0 Å². The second-order valence-electron chi connectivity index (χ2n) is 7.75. The van der Waals surface area contributed by atoms with E-state index in [2.05, 4.69) is 5.32 Å². The summed E-state index contributed by atoms with van der Waals surface area (Å²) >= 11 is 0. The lowest BCUT2D eigenvalue weighted by Gasteiger charge is -2.49. The van der Waals surface area contributed by atoms with Gasteiger partial charge < -0.3 is 19.7 Å². The molecule has 0 radical (unpaired) electrons. The molecule has 2 fully saturated rings. The summed E-state index contributed by atoms with van der Waals surface area (Å²) in [5.41, 5.74) is 1.10. The van der Waals surface area contributed by atoms with Crippen molar-refractivity contribution in [1.82, 2.24) is 10.2 Å². The normalized spacial score (nSPS) is 23.9. The van der Waals surface area contributed by atoms with Gasteiger partial charge in [0, 0.05) is 33.0 Å². The van der Waals surface area contributed by atoms with E-state index in [0.717, 1.165) is 24.8 Å². The zero-order valence-electron chi connectivity index (χ0n) is 16.7. The minimum absolute atomic E-state index is 0.0143. The monoisotopic (exact) mass is 388 g/mol. The fourth-order valence-corrected chi connectivity index (χ4v) is 4.29. The number of carbonyl (C=O) groups is 3. The van der Waals surface area contributed by atoms with Crippen LogP contribution in [0.3, 0.4) is 0 Å². The number of likely N-dealkylation sites (tertiary alicyclic amines) is 1. The van der Waals surface area contributed by atoms with Gasteiger partial charge in [0.15, 0.2) is 0 Å². The van der Waals surface area contributed by atoms with Gasteiger partial charge in [-0.15, -0.1) is 0 Å². The Labute approximate surface area is 165 Å². The second kappa shape index (κ2) is 8.31. The number of ether oxygens (including phenoxy) is 2. The number of carbonyl (C=O) groups excluding carboxylic acids is 3. The highest BCUT2D eigenvalue weighted by Crippen LogP contribution is 2.43. The predicted molar refractivity (Wildman–Crippen MR) is 103 cm³/mol. The second-order valence-corrected chi connectivity index (χ2v) is 7.75. The smallest absolute Gasteiger partial charge is 0.337 e. The molecule has 2 aliphatic rings. The molecule has 1 aromatic carbocycles. The summed E-state index contributed by atoms with van der Waals surface area (Å²) in [6.45, 7) is 4.44. The van der Waals surface area contributed by atoms with E-state index in [1.807, 2.05) is 17.0 Å². The van der Waals surface area contributed by atoms with Crippen LogP contribution in [-0.2, 0) is 19.1 Å². The van der Waals surface area contributed by atoms with Gasteiger partial charge >= 0.3 is 5.97 Å². The van der Waals surface area contributed by atoms with Crippen molar-refractivity contribution in [3.63, 3.8) is 0 Å². The predicted octanol–water partition coefficient (Wildman–Crippen LogP) is 2.21. The molecule has 1 spiro atoms. The third kappa shape index (κ3) is 4.52. The molecule has 0 aromatic heterocycles. The molecule has 2 atom stereocenters. The number of hydrogen-bond donors (Lipinski definition) is 1. The van der Waals surface area contributed by atoms with E-state index < -0.39 is 0 Å². The molecule has 1 aromatic rings. The van der Waals surface area contributed by atoms with E-state index in [0.29, 0.717) is 25.1 Å². The molecule has 3 rings (SSSR count). The van der Waals surface area contributed by atoms with Gasteiger partial charge in [-0.25, -0.2) is 4.79 Å². The molecule has 0 aliphatic carbocycles. The topological polar surface area (TPSA) is 84.9 Å². The van der Waals surface area contributed by atoms with Crippen molar-refractivity contribution < 1.29 is 23.9 Å². The number of benzene rings is 1. The molecule has 0 unspecified atom stereocenters. The largest absolute Gasteiger partial charge is 0.465 e. The Balaban J connectivity index is 1.79. The molecule has 2 saturated heterocycles. The number of nitrogens with one attached hydrogen (secondary N) is 1. The molecule has 2 heterocycles. The molecule has 2 amide bonds. The number of amides is 2. The fourth-order valence-electron chi connectivity index (χ4n) is 4.29. The first-order valence-corrected chi connectivity index (χ1v) is 9.70. The van der Waals surface area contributed by atoms with Crippen molar-refractivity contribution >= 4 is 17.8 Å². The lowest BCUT2D eigenvalue weighted by Crippen LogP contribution is -2.54. The Morgan fingerprint density at radius 2 is 1.79 bits per heavy atom. The Bertz CT molecular complexity index is 738. The Hall–Kier alpha value is -2.41. The summed E-state index contributed by atoms with van der Waals surface area (Å²) in [5.74, 6) is -0.345. The zero-order chi connectivity index (χ0) is 20.3. The summed E-state index contributed by atoms with van der Waals surface area (Å²) < 4.78 is 11.3. The van der Waals surface area contributed by atoms with E-state index in [4.69, 9.17) is 9.47 Å². The molecular formula is C21H28N2O5. The van der Waals surface area contributed by atoms with Crippen molar-refractivity contribution in [1.29, 1.82) is 0 Å². The van der Waals surface area contributed by atoms with E-state index in [1.165, 1.54) is 14.0 Å². The third-order valence-electron chi connectivity index (χ3n) is 5.74. The molecule has 152 valence electrons. The van der Waals surface area contributed by atoms with Crippen LogP contribution in [-0.4, -0.2) is 54.5 Å². The number of methoxy groups -OCH3 is 1. The van der Waals surface area contributed by atoms with Gasteiger partial charge in [0.1, 0.15) is 0 Å². The number of esters is 1. The lowest BCUT2D eigenvalue weighted by atomic mass is 9.79. The molecular weight excluding hydrogens is 360 g/mol. The van der Waals surface area contributed by atoms with Gasteiger partial charge in [-0.1, -0.05) is 12.1 Å². The number of piperidine rings is 1. The summed E-state index contributed by atoms with van der Waals surface area (Å²) in [5, 5.41) is 3.05. The minimum atomic E-state index is -0.375. The molecule has 2 aliphatic heterocycles. The summed E-state index contributed by atoms with van der Waals surface area (Å²) in [6, 6.07) is 7.24. The average molecular weight is 388 g/mol. The van der Waals surface area contributed by atoms with E-state index in [9.17, 15) is 14.4 Å². The third-order valence-corrected chi connectivity index (χ3v) is 5.74. The van der Waals surface area contributed by atoms with Crippen molar-refractivity contribution in [2.24, 2.45) is 0 Å². The lowest BCUT2D eigenvalue weighted by molar-refractivity contribution is -0.168. The Kier molecular flexibility index (Phi) is 6.03. The molecule has 7 heteroatoms. The van der Waals surface area contributed by atoms with Crippen LogP contribution >= 0.6 is 0 Å². The quantitative estimate of drug-likeness (QED) is 0.803. The van der Waals surface area contributed by atoms with Gasteiger partial charge in [-0.05, 0) is 43.4 Å². The molecule has 1 N–H and O–H groups in total. The van der Waals surface area contributed by atoms with Crippen molar-refractivity contribution in [2.45, 2.75) is 57.3 Å². The van der Waals surface area contributed by atoms with Gasteiger partial charge in [0.25, 0.3) is 0 Å². The van der Waals surface area contributed by atoms with Gasteiger partial charge in [-0.3, -0.25) is 9.59 Å². The summed E-state index contributed by atoms with van der Waals surface area (Å²) in [4.78, 5) is 36.8. The molecule has 28 heavy (non-hydrogen) atoms. The van der Waals surface area contributed by atoms with Crippen molar-refractivity contribution in [2.75, 3.05) is 20.2 Å². The van der Waals surface area contributed by atoms with Crippen LogP contribution in [0.15, 0.2) is 24.3 Å². The zero-order valence-corrected chi connectivity index (χ0v) is 16.7. The minimum Gasteiger partial charge on any atom is -0.465 e. The van der Waals surface area contributed by atoms with Crippen LogP contribution in [0.2, 0.25) is 0 Å². The maximum atomic E-state index is 11.7. The van der Waals surface area contributed by atoms with Crippen LogP contribution in [0.25, 0.3) is 0 Å². The van der Waals surface area contributed by atoms with Crippen LogP contribution < -0.4 is 5.32 Å². The molecule has 0 bridgehead atoms. The first-order valence-electron chi connectivity index (χ1n) is 9.70. The maximum Gasteiger partial charge on any atom is 0.337 e. The summed E-state index contributed by atoms with van der Waals surface area (Å²) in [7, 11) is 1.36. The van der Waals surface area contributed by atoms with Crippen LogP contribution in [0.4, 0.5) is 0 Å². The Morgan fingerprint density at radius 3 is 2.32 bits per heavy atom. The molecule has 0 saturated carbocycles. The number of nitrogens with zero attached hydrogens (tertiary/aromatic N) is 1. The van der Waals surface area contributed by atoms with Gasteiger partial charge in [0.05, 0.1) is 24.4 Å². The SMILES string of the molecule is COC(=O)c1ccc([C@H]2C[C@@H](NC(C)=O)CC3(CCN(C(C)=O)CC3)O2)cc1. The van der Waals surface area contributed by atoms with E-state index in [1.54, 1.807) is 19.1 Å². The number of hydrogen-bond acceptors (Lipinski definition) is 5. The molecule has 7 nitrogen and oxygen atoms in total. The van der Waals surface area contributed by atoms with E-state index >= 15 is 0 Å². The van der Waals surface area contributed by atoms with Crippen LogP contribution in [0, 0.1) is 0 Å². The maximum absolute atomic E-state index is 11.7.